The third-order valence-corrected chi connectivity index (χ3v) is 10.3. The second-order valence-corrected chi connectivity index (χ2v) is 12.4. The Hall–Kier alpha value is -5.26. The lowest BCUT2D eigenvalue weighted by Gasteiger charge is -2.15. The molecular weight excluding hydrogens is 549 g/mol. The van der Waals surface area contributed by atoms with E-state index >= 15 is 0 Å². The van der Waals surface area contributed by atoms with Crippen molar-refractivity contribution in [2.75, 3.05) is 0 Å². The van der Waals surface area contributed by atoms with Crippen molar-refractivity contribution in [3.63, 3.8) is 0 Å². The summed E-state index contributed by atoms with van der Waals surface area (Å²) in [5.41, 5.74) is 6.69. The van der Waals surface area contributed by atoms with Crippen molar-refractivity contribution in [1.29, 1.82) is 10.5 Å². The van der Waals surface area contributed by atoms with Crippen LogP contribution >= 0.6 is 22.7 Å². The molecule has 2 aromatic heterocycles. The number of fused-ring (bicyclic) bond motifs is 6. The summed E-state index contributed by atoms with van der Waals surface area (Å²) in [6, 6.07) is 46.6. The Kier molecular flexibility index (Phi) is 5.66. The molecule has 0 atom stereocenters. The maximum Gasteiger partial charge on any atom is 0.100 e. The minimum absolute atomic E-state index is 0.553. The zero-order valence-corrected chi connectivity index (χ0v) is 23.9. The number of benzene rings is 6. The van der Waals surface area contributed by atoms with Gasteiger partial charge < -0.3 is 0 Å². The summed E-state index contributed by atoms with van der Waals surface area (Å²) in [5, 5.41) is 25.6. The Labute approximate surface area is 250 Å². The molecule has 2 nitrogen and oxygen atoms in total. The molecule has 0 fully saturated rings. The van der Waals surface area contributed by atoms with Crippen molar-refractivity contribution in [1.82, 2.24) is 0 Å². The van der Waals surface area contributed by atoms with Gasteiger partial charge >= 0.3 is 0 Å². The lowest BCUT2D eigenvalue weighted by molar-refractivity contribution is 1.45. The van der Waals surface area contributed by atoms with Gasteiger partial charge in [-0.15, -0.1) is 22.7 Å². The molecule has 0 amide bonds. The Balaban J connectivity index is 1.45. The van der Waals surface area contributed by atoms with E-state index in [1.165, 1.54) is 40.3 Å². The summed E-state index contributed by atoms with van der Waals surface area (Å²) in [4.78, 5) is 0. The molecule has 0 aliphatic carbocycles. The molecule has 194 valence electrons. The zero-order valence-electron chi connectivity index (χ0n) is 22.3. The molecule has 0 saturated carbocycles. The maximum absolute atomic E-state index is 10.6. The minimum atomic E-state index is 0.553. The number of nitrogens with zero attached hydrogens (tertiary/aromatic N) is 2. The Morgan fingerprint density at radius 2 is 1.07 bits per heavy atom. The van der Waals surface area contributed by atoms with E-state index in [0.29, 0.717) is 11.1 Å². The number of nitriles is 2. The van der Waals surface area contributed by atoms with Gasteiger partial charge in [0, 0.05) is 57.0 Å². The van der Waals surface area contributed by atoms with Crippen LogP contribution in [0.1, 0.15) is 11.1 Å². The van der Waals surface area contributed by atoms with Crippen LogP contribution < -0.4 is 0 Å². The van der Waals surface area contributed by atoms with Crippen LogP contribution in [-0.4, -0.2) is 0 Å². The van der Waals surface area contributed by atoms with Crippen molar-refractivity contribution < 1.29 is 0 Å². The fourth-order valence-corrected chi connectivity index (χ4v) is 8.43. The molecule has 0 radical (unpaired) electrons. The van der Waals surface area contributed by atoms with Gasteiger partial charge in [0.05, 0.1) is 17.2 Å². The van der Waals surface area contributed by atoms with Crippen LogP contribution in [0, 0.1) is 22.7 Å². The maximum atomic E-state index is 10.6. The van der Waals surface area contributed by atoms with Crippen LogP contribution in [0.5, 0.6) is 0 Å². The predicted octanol–water partition coefficient (Wildman–Crippen LogP) is 11.2. The van der Waals surface area contributed by atoms with Crippen LogP contribution in [0.3, 0.4) is 0 Å². The fourth-order valence-electron chi connectivity index (χ4n) is 6.04. The number of hydrogen-bond acceptors (Lipinski definition) is 4. The minimum Gasteiger partial charge on any atom is -0.192 e. The molecule has 4 heteroatoms. The summed E-state index contributed by atoms with van der Waals surface area (Å²) in [7, 11) is 0. The smallest absolute Gasteiger partial charge is 0.100 e. The molecule has 8 aromatic rings. The first-order valence-electron chi connectivity index (χ1n) is 13.6. The van der Waals surface area contributed by atoms with E-state index < -0.39 is 0 Å². The average molecular weight is 569 g/mol. The molecule has 0 saturated heterocycles. The van der Waals surface area contributed by atoms with E-state index in [2.05, 4.69) is 109 Å². The highest BCUT2D eigenvalue weighted by Crippen LogP contribution is 2.44. The SMILES string of the molecule is N#Cc1ccccc1-c1cc(-c2cccc3c2sc2ccccc23)cc(-c2ccc3c(c2)sc2ccccc23)c1C#N. The van der Waals surface area contributed by atoms with Gasteiger partial charge in [0.2, 0.25) is 0 Å². The molecular formula is C38H20N2S2. The Morgan fingerprint density at radius 1 is 0.429 bits per heavy atom. The molecule has 2 heterocycles. The molecule has 0 spiro atoms. The van der Waals surface area contributed by atoms with Gasteiger partial charge in [-0.3, -0.25) is 0 Å². The topological polar surface area (TPSA) is 47.6 Å². The first kappa shape index (κ1) is 24.5. The van der Waals surface area contributed by atoms with E-state index in [4.69, 9.17) is 0 Å². The first-order valence-corrected chi connectivity index (χ1v) is 15.3. The van der Waals surface area contributed by atoms with Gasteiger partial charge in [-0.25, -0.2) is 0 Å². The molecule has 0 aliphatic heterocycles. The van der Waals surface area contributed by atoms with Crippen LogP contribution in [0.15, 0.2) is 121 Å². The quantitative estimate of drug-likeness (QED) is 0.213. The molecule has 42 heavy (non-hydrogen) atoms. The second kappa shape index (κ2) is 9.68. The monoisotopic (exact) mass is 568 g/mol. The number of hydrogen-bond donors (Lipinski definition) is 0. The predicted molar refractivity (Wildman–Crippen MR) is 178 cm³/mol. The summed E-state index contributed by atoms with van der Waals surface area (Å²) in [6.07, 6.45) is 0. The van der Waals surface area contributed by atoms with E-state index in [0.717, 1.165) is 33.4 Å². The second-order valence-electron chi connectivity index (χ2n) is 10.3. The average Bonchev–Trinajstić information content (AvgIpc) is 3.62. The Morgan fingerprint density at radius 3 is 1.88 bits per heavy atom. The largest absolute Gasteiger partial charge is 0.192 e. The van der Waals surface area contributed by atoms with Gasteiger partial charge in [0.15, 0.2) is 0 Å². The number of rotatable bonds is 3. The summed E-state index contributed by atoms with van der Waals surface area (Å²) in [5.74, 6) is 0. The zero-order chi connectivity index (χ0) is 28.2. The molecule has 6 aromatic carbocycles. The van der Waals surface area contributed by atoms with Crippen molar-refractivity contribution in [3.8, 4) is 45.5 Å². The van der Waals surface area contributed by atoms with Gasteiger partial charge in [-0.05, 0) is 53.1 Å². The van der Waals surface area contributed by atoms with Crippen molar-refractivity contribution in [3.05, 3.63) is 132 Å². The lowest BCUT2D eigenvalue weighted by atomic mass is 9.86. The van der Waals surface area contributed by atoms with Gasteiger partial charge in [0.1, 0.15) is 6.07 Å². The van der Waals surface area contributed by atoms with Crippen LogP contribution in [-0.2, 0) is 0 Å². The number of thiophene rings is 2. The Bertz CT molecular complexity index is 2450. The highest BCUT2D eigenvalue weighted by atomic mass is 32.1. The molecule has 0 N–H and O–H groups in total. The van der Waals surface area contributed by atoms with E-state index in [1.54, 1.807) is 22.7 Å². The normalized spacial score (nSPS) is 11.3. The van der Waals surface area contributed by atoms with Crippen LogP contribution in [0.25, 0.3) is 73.7 Å². The third-order valence-electron chi connectivity index (χ3n) is 7.99. The fraction of sp³-hybridized carbons (Fsp3) is 0. The van der Waals surface area contributed by atoms with Crippen molar-refractivity contribution >= 4 is 63.0 Å². The van der Waals surface area contributed by atoms with E-state index in [1.807, 2.05) is 24.3 Å². The summed E-state index contributed by atoms with van der Waals surface area (Å²) < 4.78 is 4.90. The van der Waals surface area contributed by atoms with Gasteiger partial charge in [-0.1, -0.05) is 84.9 Å². The lowest BCUT2D eigenvalue weighted by Crippen LogP contribution is -1.94. The van der Waals surface area contributed by atoms with E-state index in [9.17, 15) is 10.5 Å². The standard InChI is InChI=1S/C38H20N2S2/c39-21-24-8-1-2-9-26(24)33-19-25(27-12-7-13-31-29-11-4-6-15-36(29)42-38(27)31)18-32(34(33)22-40)23-16-17-30-28-10-3-5-14-35(28)41-37(30)20-23/h1-20H. The molecule has 8 rings (SSSR count). The summed E-state index contributed by atoms with van der Waals surface area (Å²) in [6.45, 7) is 0. The highest BCUT2D eigenvalue weighted by Gasteiger charge is 2.20. The van der Waals surface area contributed by atoms with Crippen LogP contribution in [0.4, 0.5) is 0 Å². The third kappa shape index (κ3) is 3.75. The van der Waals surface area contributed by atoms with Crippen LogP contribution in [0.2, 0.25) is 0 Å². The molecule has 0 bridgehead atoms. The summed E-state index contributed by atoms with van der Waals surface area (Å²) >= 11 is 3.56. The molecule has 0 unspecified atom stereocenters. The van der Waals surface area contributed by atoms with Gasteiger partial charge in [-0.2, -0.15) is 10.5 Å². The van der Waals surface area contributed by atoms with Crippen molar-refractivity contribution in [2.24, 2.45) is 0 Å². The highest BCUT2D eigenvalue weighted by molar-refractivity contribution is 7.26. The van der Waals surface area contributed by atoms with Crippen molar-refractivity contribution in [2.45, 2.75) is 0 Å². The first-order chi connectivity index (χ1) is 20.7. The molecule has 0 aliphatic rings. The van der Waals surface area contributed by atoms with E-state index in [-0.39, 0.29) is 0 Å². The van der Waals surface area contributed by atoms with Gasteiger partial charge in [0.25, 0.3) is 0 Å².